The van der Waals surface area contributed by atoms with Gasteiger partial charge < -0.3 is 14.1 Å². The summed E-state index contributed by atoms with van der Waals surface area (Å²) in [5.74, 6) is 1.56. The summed E-state index contributed by atoms with van der Waals surface area (Å²) in [7, 11) is 0. The number of oxazole rings is 1. The second-order valence-corrected chi connectivity index (χ2v) is 8.44. The van der Waals surface area contributed by atoms with E-state index in [1.54, 1.807) is 30.2 Å². The Bertz CT molecular complexity index is 1200. The average molecular weight is 452 g/mol. The van der Waals surface area contributed by atoms with Gasteiger partial charge in [0.25, 0.3) is 0 Å². The van der Waals surface area contributed by atoms with Gasteiger partial charge in [0.05, 0.1) is 24.6 Å². The highest BCUT2D eigenvalue weighted by molar-refractivity contribution is 7.98. The fourth-order valence-corrected chi connectivity index (χ4v) is 4.38. The van der Waals surface area contributed by atoms with Crippen LogP contribution < -0.4 is 4.90 Å². The average Bonchev–Trinajstić information content (AvgIpc) is 3.46. The molecule has 0 spiro atoms. The van der Waals surface area contributed by atoms with Crippen LogP contribution in [0.5, 0.6) is 0 Å². The van der Waals surface area contributed by atoms with Gasteiger partial charge in [0.15, 0.2) is 5.16 Å². The quantitative estimate of drug-likeness (QED) is 0.400. The van der Waals surface area contributed by atoms with E-state index >= 15 is 0 Å². The standard InChI is InChI=1S/C23H22FN5O2S/c1-16-3-2-4-20(13-16)29-22(28-9-11-30-12-10-28)26-27-23(29)32-15-19-14-31-21(25-19)17-5-7-18(24)8-6-17/h2-8,13-14H,9-12,15H2,1H3. The molecular weight excluding hydrogens is 429 g/mol. The van der Waals surface area contributed by atoms with Crippen molar-refractivity contribution in [2.45, 2.75) is 17.8 Å². The van der Waals surface area contributed by atoms with Gasteiger partial charge in [0.2, 0.25) is 11.8 Å². The molecule has 1 aliphatic heterocycles. The summed E-state index contributed by atoms with van der Waals surface area (Å²) in [5, 5.41) is 9.76. The van der Waals surface area contributed by atoms with E-state index in [1.165, 1.54) is 17.7 Å². The third-order valence-corrected chi connectivity index (χ3v) is 6.12. The van der Waals surface area contributed by atoms with Crippen molar-refractivity contribution in [3.8, 4) is 17.1 Å². The van der Waals surface area contributed by atoms with Crippen LogP contribution in [0.3, 0.4) is 0 Å². The van der Waals surface area contributed by atoms with Crippen molar-refractivity contribution in [1.29, 1.82) is 0 Å². The predicted octanol–water partition coefficient (Wildman–Crippen LogP) is 4.50. The first-order chi connectivity index (χ1) is 15.7. The SMILES string of the molecule is Cc1cccc(-n2c(SCc3coc(-c4ccc(F)cc4)n3)nnc2N2CCOCC2)c1. The number of ether oxygens (including phenoxy) is 1. The van der Waals surface area contributed by atoms with E-state index in [9.17, 15) is 4.39 Å². The fraction of sp³-hybridized carbons (Fsp3) is 0.261. The molecule has 9 heteroatoms. The zero-order chi connectivity index (χ0) is 21.9. The van der Waals surface area contributed by atoms with Crippen LogP contribution in [-0.4, -0.2) is 46.1 Å². The number of anilines is 1. The van der Waals surface area contributed by atoms with E-state index in [2.05, 4.69) is 49.8 Å². The lowest BCUT2D eigenvalue weighted by Gasteiger charge is -2.28. The second kappa shape index (κ2) is 9.13. The van der Waals surface area contributed by atoms with Crippen molar-refractivity contribution < 1.29 is 13.5 Å². The molecule has 3 heterocycles. The van der Waals surface area contributed by atoms with E-state index in [-0.39, 0.29) is 5.82 Å². The van der Waals surface area contributed by atoms with Gasteiger partial charge in [0.1, 0.15) is 12.1 Å². The van der Waals surface area contributed by atoms with Gasteiger partial charge >= 0.3 is 0 Å². The lowest BCUT2D eigenvalue weighted by molar-refractivity contribution is 0.122. The minimum absolute atomic E-state index is 0.289. The van der Waals surface area contributed by atoms with Crippen molar-refractivity contribution in [2.24, 2.45) is 0 Å². The van der Waals surface area contributed by atoms with Crippen molar-refractivity contribution in [3.63, 3.8) is 0 Å². The molecule has 0 saturated carbocycles. The summed E-state index contributed by atoms with van der Waals surface area (Å²) in [6, 6.07) is 14.4. The van der Waals surface area contributed by atoms with Crippen LogP contribution in [0.1, 0.15) is 11.3 Å². The Labute approximate surface area is 189 Å². The summed E-state index contributed by atoms with van der Waals surface area (Å²) in [4.78, 5) is 6.74. The van der Waals surface area contributed by atoms with Crippen LogP contribution in [0.25, 0.3) is 17.1 Å². The molecule has 0 amide bonds. The Balaban J connectivity index is 1.40. The summed E-state index contributed by atoms with van der Waals surface area (Å²) in [6.45, 7) is 4.97. The molecule has 0 bridgehead atoms. The first-order valence-corrected chi connectivity index (χ1v) is 11.3. The molecule has 1 fully saturated rings. The van der Waals surface area contributed by atoms with Gasteiger partial charge in [-0.3, -0.25) is 4.57 Å². The molecular formula is C23H22FN5O2S. The van der Waals surface area contributed by atoms with E-state index in [0.29, 0.717) is 24.9 Å². The first-order valence-electron chi connectivity index (χ1n) is 10.4. The molecule has 32 heavy (non-hydrogen) atoms. The number of benzene rings is 2. The molecule has 5 rings (SSSR count). The Morgan fingerprint density at radius 2 is 1.88 bits per heavy atom. The van der Waals surface area contributed by atoms with Crippen LogP contribution in [0.2, 0.25) is 0 Å². The summed E-state index contributed by atoms with van der Waals surface area (Å²) < 4.78 is 26.4. The highest BCUT2D eigenvalue weighted by atomic mass is 32.2. The monoisotopic (exact) mass is 451 g/mol. The number of aromatic nitrogens is 4. The van der Waals surface area contributed by atoms with Gasteiger partial charge in [-0.2, -0.15) is 0 Å². The topological polar surface area (TPSA) is 69.2 Å². The molecule has 0 atom stereocenters. The number of nitrogens with zero attached hydrogens (tertiary/aromatic N) is 5. The Kier molecular flexibility index (Phi) is 5.91. The van der Waals surface area contributed by atoms with Gasteiger partial charge in [-0.05, 0) is 48.9 Å². The third kappa shape index (κ3) is 4.39. The predicted molar refractivity (Wildman–Crippen MR) is 121 cm³/mol. The largest absolute Gasteiger partial charge is 0.444 e. The maximum absolute atomic E-state index is 13.2. The number of hydrogen-bond donors (Lipinski definition) is 0. The van der Waals surface area contributed by atoms with Crippen LogP contribution >= 0.6 is 11.8 Å². The van der Waals surface area contributed by atoms with E-state index in [4.69, 9.17) is 9.15 Å². The Hall–Kier alpha value is -3.17. The second-order valence-electron chi connectivity index (χ2n) is 7.50. The number of hydrogen-bond acceptors (Lipinski definition) is 7. The molecule has 0 N–H and O–H groups in total. The molecule has 0 radical (unpaired) electrons. The minimum atomic E-state index is -0.289. The lowest BCUT2D eigenvalue weighted by atomic mass is 10.2. The molecule has 2 aromatic heterocycles. The van der Waals surface area contributed by atoms with Gasteiger partial charge in [-0.15, -0.1) is 10.2 Å². The van der Waals surface area contributed by atoms with Gasteiger partial charge in [-0.1, -0.05) is 23.9 Å². The van der Waals surface area contributed by atoms with E-state index in [0.717, 1.165) is 41.1 Å². The Morgan fingerprint density at radius 3 is 2.66 bits per heavy atom. The van der Waals surface area contributed by atoms with Crippen molar-refractivity contribution >= 4 is 17.7 Å². The molecule has 1 saturated heterocycles. The van der Waals surface area contributed by atoms with Crippen molar-refractivity contribution in [3.05, 3.63) is 71.9 Å². The van der Waals surface area contributed by atoms with E-state index < -0.39 is 0 Å². The number of halogens is 1. The normalized spacial score (nSPS) is 14.1. The van der Waals surface area contributed by atoms with Gasteiger partial charge in [-0.25, -0.2) is 9.37 Å². The number of rotatable bonds is 6. The van der Waals surface area contributed by atoms with Crippen molar-refractivity contribution in [2.75, 3.05) is 31.2 Å². The molecule has 164 valence electrons. The first kappa shape index (κ1) is 20.7. The summed E-state index contributed by atoms with van der Waals surface area (Å²) in [6.07, 6.45) is 1.63. The van der Waals surface area contributed by atoms with Crippen LogP contribution in [0.4, 0.5) is 10.3 Å². The molecule has 0 aliphatic carbocycles. The zero-order valence-electron chi connectivity index (χ0n) is 17.6. The van der Waals surface area contributed by atoms with Crippen molar-refractivity contribution in [1.82, 2.24) is 19.7 Å². The highest BCUT2D eigenvalue weighted by Gasteiger charge is 2.22. The van der Waals surface area contributed by atoms with Crippen LogP contribution in [0, 0.1) is 12.7 Å². The summed E-state index contributed by atoms with van der Waals surface area (Å²) >= 11 is 1.55. The maximum Gasteiger partial charge on any atom is 0.232 e. The fourth-order valence-electron chi connectivity index (χ4n) is 3.55. The van der Waals surface area contributed by atoms with Gasteiger partial charge in [0, 0.05) is 24.4 Å². The van der Waals surface area contributed by atoms with E-state index in [1.807, 2.05) is 6.07 Å². The van der Waals surface area contributed by atoms with Crippen LogP contribution in [-0.2, 0) is 10.5 Å². The molecule has 7 nitrogen and oxygen atoms in total. The number of morpholine rings is 1. The Morgan fingerprint density at radius 1 is 1.06 bits per heavy atom. The molecule has 2 aromatic carbocycles. The third-order valence-electron chi connectivity index (χ3n) is 5.16. The molecule has 4 aromatic rings. The minimum Gasteiger partial charge on any atom is -0.444 e. The summed E-state index contributed by atoms with van der Waals surface area (Å²) in [5.41, 5.74) is 3.70. The lowest BCUT2D eigenvalue weighted by Crippen LogP contribution is -2.37. The maximum atomic E-state index is 13.2. The van der Waals surface area contributed by atoms with Crippen LogP contribution in [0.15, 0.2) is 64.4 Å². The number of thioether (sulfide) groups is 1. The smallest absolute Gasteiger partial charge is 0.232 e. The molecule has 1 aliphatic rings. The molecule has 0 unspecified atom stereocenters. The zero-order valence-corrected chi connectivity index (χ0v) is 18.4. The number of aryl methyl sites for hydroxylation is 1. The highest BCUT2D eigenvalue weighted by Crippen LogP contribution is 2.30.